The molecule has 3 aromatic rings. The van der Waals surface area contributed by atoms with Crippen molar-refractivity contribution in [2.24, 2.45) is 0 Å². The number of rotatable bonds is 10. The summed E-state index contributed by atoms with van der Waals surface area (Å²) in [6.07, 6.45) is 1.30. The van der Waals surface area contributed by atoms with Crippen LogP contribution < -0.4 is 0 Å². The van der Waals surface area contributed by atoms with E-state index in [0.717, 1.165) is 40.3 Å². The Balaban J connectivity index is 1.59. The van der Waals surface area contributed by atoms with E-state index in [1.165, 1.54) is 16.4 Å². The number of aryl methyl sites for hydroxylation is 1. The van der Waals surface area contributed by atoms with Crippen LogP contribution in [0, 0.1) is 12.7 Å². The molecule has 0 spiro atoms. The monoisotopic (exact) mass is 516 g/mol. The predicted molar refractivity (Wildman–Crippen MR) is 134 cm³/mol. The van der Waals surface area contributed by atoms with Crippen LogP contribution in [0.1, 0.15) is 28.2 Å². The molecule has 2 aromatic carbocycles. The maximum absolute atomic E-state index is 13.6. The fraction of sp³-hybridized carbons (Fsp3) is 0.346. The van der Waals surface area contributed by atoms with Gasteiger partial charge in [-0.25, -0.2) is 12.8 Å². The number of benzene rings is 2. The summed E-state index contributed by atoms with van der Waals surface area (Å²) in [6, 6.07) is 18.3. The molecule has 4 rings (SSSR count). The number of carbonyl (C=O) groups excluding carboxylic acids is 1. The second-order valence-corrected chi connectivity index (χ2v) is 11.9. The number of amides is 1. The molecule has 1 amide bonds. The van der Waals surface area contributed by atoms with Crippen LogP contribution >= 0.6 is 11.3 Å². The highest BCUT2D eigenvalue weighted by Crippen LogP contribution is 2.23. The molecule has 6 nitrogen and oxygen atoms in total. The summed E-state index contributed by atoms with van der Waals surface area (Å²) in [5.74, 6) is -0.824. The molecule has 0 N–H and O–H groups in total. The average Bonchev–Trinajstić information content (AvgIpc) is 3.50. The Morgan fingerprint density at radius 3 is 2.43 bits per heavy atom. The Morgan fingerprint density at radius 2 is 1.80 bits per heavy atom. The fourth-order valence-corrected chi connectivity index (χ4v) is 6.39. The van der Waals surface area contributed by atoms with Crippen LogP contribution in [0.4, 0.5) is 4.39 Å². The molecule has 186 valence electrons. The lowest BCUT2D eigenvalue weighted by Gasteiger charge is -2.28. The van der Waals surface area contributed by atoms with Crippen molar-refractivity contribution < 1.29 is 22.3 Å². The lowest BCUT2D eigenvalue weighted by atomic mass is 10.2. The number of hydrogen-bond acceptors (Lipinski definition) is 5. The van der Waals surface area contributed by atoms with Gasteiger partial charge in [0.05, 0.1) is 24.1 Å². The van der Waals surface area contributed by atoms with E-state index in [1.807, 2.05) is 49.4 Å². The predicted octanol–water partition coefficient (Wildman–Crippen LogP) is 4.59. The van der Waals surface area contributed by atoms with Crippen molar-refractivity contribution in [2.75, 3.05) is 19.7 Å². The molecule has 35 heavy (non-hydrogen) atoms. The summed E-state index contributed by atoms with van der Waals surface area (Å²) in [4.78, 5) is 17.4. The number of sulfonamides is 1. The van der Waals surface area contributed by atoms with Gasteiger partial charge in [0.2, 0.25) is 15.9 Å². The first-order valence-corrected chi connectivity index (χ1v) is 13.8. The molecule has 9 heteroatoms. The first kappa shape index (κ1) is 25.5. The van der Waals surface area contributed by atoms with Crippen molar-refractivity contribution in [1.82, 2.24) is 9.21 Å². The topological polar surface area (TPSA) is 66.9 Å². The molecular weight excluding hydrogens is 487 g/mol. The van der Waals surface area contributed by atoms with Gasteiger partial charge in [-0.15, -0.1) is 11.3 Å². The highest BCUT2D eigenvalue weighted by atomic mass is 32.2. The number of carbonyl (C=O) groups is 1. The Hall–Kier alpha value is -2.59. The maximum atomic E-state index is 13.6. The molecule has 1 aliphatic heterocycles. The Labute approximate surface area is 210 Å². The van der Waals surface area contributed by atoms with E-state index in [-0.39, 0.29) is 30.0 Å². The third-order valence-corrected chi connectivity index (χ3v) is 8.72. The molecule has 0 bridgehead atoms. The molecule has 1 saturated heterocycles. The zero-order valence-electron chi connectivity index (χ0n) is 19.6. The van der Waals surface area contributed by atoms with Crippen LogP contribution in [0.5, 0.6) is 0 Å². The van der Waals surface area contributed by atoms with Gasteiger partial charge in [-0.1, -0.05) is 30.3 Å². The quantitative estimate of drug-likeness (QED) is 0.395. The van der Waals surface area contributed by atoms with Crippen molar-refractivity contribution >= 4 is 27.3 Å². The van der Waals surface area contributed by atoms with Crippen LogP contribution in [0.2, 0.25) is 0 Å². The van der Waals surface area contributed by atoms with Crippen molar-refractivity contribution in [2.45, 2.75) is 43.9 Å². The van der Waals surface area contributed by atoms with Crippen LogP contribution in [0.25, 0.3) is 0 Å². The zero-order valence-corrected chi connectivity index (χ0v) is 21.2. The molecule has 1 unspecified atom stereocenters. The Morgan fingerprint density at radius 1 is 1.06 bits per heavy atom. The van der Waals surface area contributed by atoms with Crippen molar-refractivity contribution in [1.29, 1.82) is 0 Å². The van der Waals surface area contributed by atoms with Gasteiger partial charge in [0.15, 0.2) is 0 Å². The fourth-order valence-electron chi connectivity index (χ4n) is 4.06. The minimum atomic E-state index is -4.03. The average molecular weight is 517 g/mol. The molecule has 2 heterocycles. The maximum Gasteiger partial charge on any atom is 0.243 e. The molecular formula is C26H29FN2O4S2. The van der Waals surface area contributed by atoms with E-state index in [1.54, 1.807) is 16.2 Å². The van der Waals surface area contributed by atoms with Gasteiger partial charge in [-0.2, -0.15) is 4.31 Å². The van der Waals surface area contributed by atoms with E-state index >= 15 is 0 Å². The largest absolute Gasteiger partial charge is 0.377 e. The van der Waals surface area contributed by atoms with Crippen LogP contribution in [0.15, 0.2) is 71.6 Å². The summed E-state index contributed by atoms with van der Waals surface area (Å²) in [5, 5.41) is 0. The zero-order chi connectivity index (χ0) is 24.8. The first-order valence-electron chi connectivity index (χ1n) is 11.6. The summed E-state index contributed by atoms with van der Waals surface area (Å²) in [7, 11) is -4.03. The molecule has 1 aromatic heterocycles. The molecule has 0 saturated carbocycles. The van der Waals surface area contributed by atoms with Gasteiger partial charge in [0.25, 0.3) is 0 Å². The molecule has 0 aliphatic carbocycles. The number of nitrogens with zero attached hydrogens (tertiary/aromatic N) is 2. The Kier molecular flexibility index (Phi) is 8.33. The van der Waals surface area contributed by atoms with Crippen LogP contribution in [-0.4, -0.2) is 49.3 Å². The number of halogens is 1. The van der Waals surface area contributed by atoms with E-state index in [0.29, 0.717) is 19.7 Å². The Bertz CT molecular complexity index is 1220. The summed E-state index contributed by atoms with van der Waals surface area (Å²) in [6.45, 7) is 3.08. The van der Waals surface area contributed by atoms with Crippen LogP contribution in [0.3, 0.4) is 0 Å². The third-order valence-electron chi connectivity index (χ3n) is 5.91. The highest BCUT2D eigenvalue weighted by molar-refractivity contribution is 7.89. The summed E-state index contributed by atoms with van der Waals surface area (Å²) in [5.41, 5.74) is 0.959. The number of thiophene rings is 1. The van der Waals surface area contributed by atoms with Gasteiger partial charge >= 0.3 is 0 Å². The van der Waals surface area contributed by atoms with Crippen molar-refractivity contribution in [3.63, 3.8) is 0 Å². The van der Waals surface area contributed by atoms with E-state index in [2.05, 4.69) is 0 Å². The van der Waals surface area contributed by atoms with E-state index in [4.69, 9.17) is 4.74 Å². The van der Waals surface area contributed by atoms with Crippen LogP contribution in [-0.2, 0) is 32.6 Å². The summed E-state index contributed by atoms with van der Waals surface area (Å²) >= 11 is 1.61. The second-order valence-electron chi connectivity index (χ2n) is 8.63. The van der Waals surface area contributed by atoms with Gasteiger partial charge in [-0.3, -0.25) is 4.79 Å². The lowest BCUT2D eigenvalue weighted by Crippen LogP contribution is -2.45. The molecule has 1 aliphatic rings. The lowest BCUT2D eigenvalue weighted by molar-refractivity contribution is -0.132. The smallest absolute Gasteiger partial charge is 0.243 e. The van der Waals surface area contributed by atoms with Gasteiger partial charge in [-0.05, 0) is 61.7 Å². The van der Waals surface area contributed by atoms with E-state index < -0.39 is 15.8 Å². The van der Waals surface area contributed by atoms with Crippen molar-refractivity contribution in [3.05, 3.63) is 87.9 Å². The molecule has 1 fully saturated rings. The SMILES string of the molecule is Cc1ccc(CN(Cc2ccccc2)C(=O)CN(CC2CCCO2)S(=O)(=O)c2ccc(F)cc2)s1. The third kappa shape index (κ3) is 6.76. The minimum Gasteiger partial charge on any atom is -0.377 e. The number of hydrogen-bond donors (Lipinski definition) is 0. The van der Waals surface area contributed by atoms with Gasteiger partial charge in [0.1, 0.15) is 5.82 Å². The minimum absolute atomic E-state index is 0.0480. The molecule has 0 radical (unpaired) electrons. The molecule has 1 atom stereocenters. The standard InChI is InChI=1S/C26H29FN2O4S2/c1-20-9-12-24(34-20)18-28(16-21-6-3-2-4-7-21)26(30)19-29(17-23-8-5-15-33-23)35(31,32)25-13-10-22(27)11-14-25/h2-4,6-7,9-14,23H,5,8,15-19H2,1H3. The normalized spacial score (nSPS) is 16.0. The first-order chi connectivity index (χ1) is 16.8. The highest BCUT2D eigenvalue weighted by Gasteiger charge is 2.32. The van der Waals surface area contributed by atoms with Gasteiger partial charge in [0, 0.05) is 29.5 Å². The second kappa shape index (κ2) is 11.4. The van der Waals surface area contributed by atoms with E-state index in [9.17, 15) is 17.6 Å². The van der Waals surface area contributed by atoms with Gasteiger partial charge < -0.3 is 9.64 Å². The number of ether oxygens (including phenoxy) is 1. The summed E-state index contributed by atoms with van der Waals surface area (Å²) < 4.78 is 47.3. The van der Waals surface area contributed by atoms with Crippen molar-refractivity contribution in [3.8, 4) is 0 Å².